The molecule has 4 nitrogen and oxygen atoms in total. The highest BCUT2D eigenvalue weighted by Crippen LogP contribution is 2.29. The van der Waals surface area contributed by atoms with Gasteiger partial charge in [-0.15, -0.1) is 0 Å². The normalized spacial score (nSPS) is 16.7. The largest absolute Gasteiger partial charge is 0.358 e. The number of carbonyl (C=O) groups is 2. The maximum atomic E-state index is 11.7. The zero-order chi connectivity index (χ0) is 15.9. The number of aryl methyl sites for hydroxylation is 1. The lowest BCUT2D eigenvalue weighted by atomic mass is 10.0. The van der Waals surface area contributed by atoms with Crippen molar-refractivity contribution in [2.24, 2.45) is 4.99 Å². The van der Waals surface area contributed by atoms with Crippen LogP contribution in [-0.2, 0) is 4.79 Å². The maximum Gasteiger partial charge on any atom is 0.161 e. The van der Waals surface area contributed by atoms with E-state index in [1.54, 1.807) is 13.8 Å². The molecule has 0 amide bonds. The van der Waals surface area contributed by atoms with Crippen molar-refractivity contribution < 1.29 is 9.59 Å². The van der Waals surface area contributed by atoms with Gasteiger partial charge in [-0.3, -0.25) is 14.6 Å². The Kier molecular flexibility index (Phi) is 3.81. The Balaban J connectivity index is 2.55. The van der Waals surface area contributed by atoms with E-state index in [4.69, 9.17) is 0 Å². The second-order valence-corrected chi connectivity index (χ2v) is 5.50. The predicted molar refractivity (Wildman–Crippen MR) is 84.7 cm³/mol. The number of aliphatic imine (C=N–C) groups is 1. The average molecular weight is 284 g/mol. The summed E-state index contributed by atoms with van der Waals surface area (Å²) in [6.07, 6.45) is 1.91. The third-order valence-corrected chi connectivity index (χ3v) is 3.87. The number of H-pyrrole nitrogens is 1. The van der Waals surface area contributed by atoms with Gasteiger partial charge in [0.15, 0.2) is 11.6 Å². The highest BCUT2D eigenvalue weighted by atomic mass is 16.1. The number of rotatable bonds is 3. The number of nitrogens with one attached hydrogen (secondary N) is 1. The number of allylic oxidation sites excluding steroid dienone is 2. The van der Waals surface area contributed by atoms with E-state index in [9.17, 15) is 9.59 Å². The van der Waals surface area contributed by atoms with E-state index in [1.807, 2.05) is 33.8 Å². The Labute approximate surface area is 124 Å². The van der Waals surface area contributed by atoms with Gasteiger partial charge in [0.25, 0.3) is 0 Å². The van der Waals surface area contributed by atoms with Crippen molar-refractivity contribution in [3.05, 3.63) is 39.4 Å². The van der Waals surface area contributed by atoms with Crippen LogP contribution >= 0.6 is 0 Å². The Hall–Kier alpha value is -2.23. The SMILES string of the molecule is CC(=O)C1=C(C)/C(=C\c2[nH]c(C)c(C(C)=O)c2C)N=C1C. The second-order valence-electron chi connectivity index (χ2n) is 5.50. The molecule has 21 heavy (non-hydrogen) atoms. The molecule has 0 atom stereocenters. The molecule has 0 bridgehead atoms. The molecule has 1 aliphatic rings. The Morgan fingerprint density at radius 3 is 2.10 bits per heavy atom. The van der Waals surface area contributed by atoms with Crippen molar-refractivity contribution in [2.45, 2.75) is 41.5 Å². The van der Waals surface area contributed by atoms with Crippen molar-refractivity contribution in [1.29, 1.82) is 0 Å². The smallest absolute Gasteiger partial charge is 0.161 e. The number of hydrogen-bond acceptors (Lipinski definition) is 3. The van der Waals surface area contributed by atoms with Crippen molar-refractivity contribution in [1.82, 2.24) is 4.98 Å². The van der Waals surface area contributed by atoms with Gasteiger partial charge in [-0.05, 0) is 58.8 Å². The van der Waals surface area contributed by atoms with Crippen molar-refractivity contribution >= 4 is 23.4 Å². The highest BCUT2D eigenvalue weighted by molar-refractivity contribution is 6.24. The van der Waals surface area contributed by atoms with E-state index < -0.39 is 0 Å². The first-order valence-electron chi connectivity index (χ1n) is 6.93. The summed E-state index contributed by atoms with van der Waals surface area (Å²) in [7, 11) is 0. The first-order chi connectivity index (χ1) is 9.73. The Bertz CT molecular complexity index is 743. The Morgan fingerprint density at radius 2 is 1.67 bits per heavy atom. The molecule has 0 radical (unpaired) electrons. The van der Waals surface area contributed by atoms with Crippen LogP contribution in [0.4, 0.5) is 0 Å². The highest BCUT2D eigenvalue weighted by Gasteiger charge is 2.22. The Morgan fingerprint density at radius 1 is 1.05 bits per heavy atom. The third-order valence-electron chi connectivity index (χ3n) is 3.87. The molecule has 0 spiro atoms. The molecular weight excluding hydrogens is 264 g/mol. The molecule has 110 valence electrons. The van der Waals surface area contributed by atoms with Crippen LogP contribution in [-0.4, -0.2) is 22.3 Å². The lowest BCUT2D eigenvalue weighted by Gasteiger charge is -2.00. The van der Waals surface area contributed by atoms with Gasteiger partial charge in [0.2, 0.25) is 0 Å². The fraction of sp³-hybridized carbons (Fsp3) is 0.353. The second kappa shape index (κ2) is 5.28. The lowest BCUT2D eigenvalue weighted by Crippen LogP contribution is -2.04. The first-order valence-corrected chi connectivity index (χ1v) is 6.93. The van der Waals surface area contributed by atoms with Crippen LogP contribution in [0, 0.1) is 13.8 Å². The van der Waals surface area contributed by atoms with E-state index in [2.05, 4.69) is 9.98 Å². The number of Topliss-reactive ketones (excluding diaryl/α,β-unsaturated/α-hetero) is 2. The van der Waals surface area contributed by atoms with E-state index in [-0.39, 0.29) is 11.6 Å². The van der Waals surface area contributed by atoms with Gasteiger partial charge >= 0.3 is 0 Å². The molecule has 4 heteroatoms. The quantitative estimate of drug-likeness (QED) is 0.863. The van der Waals surface area contributed by atoms with Crippen LogP contribution in [0.15, 0.2) is 21.8 Å². The van der Waals surface area contributed by atoms with E-state index in [0.29, 0.717) is 5.57 Å². The standard InChI is InChI=1S/C17H20N2O2/c1-8-14(18-10(3)16(8)12(5)20)7-15-9(2)17(13(6)21)11(4)19-15/h7,18H,1-6H3/b15-7+. The topological polar surface area (TPSA) is 62.3 Å². The van der Waals surface area contributed by atoms with Crippen molar-refractivity contribution in [3.63, 3.8) is 0 Å². The van der Waals surface area contributed by atoms with E-state index in [1.165, 1.54) is 0 Å². The summed E-state index contributed by atoms with van der Waals surface area (Å²) in [6, 6.07) is 0. The van der Waals surface area contributed by atoms with Crippen molar-refractivity contribution in [3.8, 4) is 0 Å². The number of nitrogens with zero attached hydrogens (tertiary/aromatic N) is 1. The summed E-state index contributed by atoms with van der Waals surface area (Å²) in [5, 5.41) is 0. The molecule has 2 rings (SSSR count). The summed E-state index contributed by atoms with van der Waals surface area (Å²) in [4.78, 5) is 31.0. The van der Waals surface area contributed by atoms with E-state index >= 15 is 0 Å². The molecular formula is C17H20N2O2. The summed E-state index contributed by atoms with van der Waals surface area (Å²) in [5.41, 5.74) is 6.48. The summed E-state index contributed by atoms with van der Waals surface area (Å²) in [6.45, 7) is 10.7. The number of carbonyl (C=O) groups excluding carboxylic acids is 2. The maximum absolute atomic E-state index is 11.7. The lowest BCUT2D eigenvalue weighted by molar-refractivity contribution is -0.113. The van der Waals surface area contributed by atoms with Gasteiger partial charge in [-0.25, -0.2) is 0 Å². The number of aromatic nitrogens is 1. The van der Waals surface area contributed by atoms with Gasteiger partial charge in [-0.1, -0.05) is 0 Å². The molecule has 0 unspecified atom stereocenters. The summed E-state index contributed by atoms with van der Waals surface area (Å²) < 4.78 is 0. The minimum Gasteiger partial charge on any atom is -0.358 e. The first kappa shape index (κ1) is 15.2. The van der Waals surface area contributed by atoms with Crippen LogP contribution in [0.3, 0.4) is 0 Å². The van der Waals surface area contributed by atoms with Crippen LogP contribution in [0.1, 0.15) is 55.0 Å². The van der Waals surface area contributed by atoms with Crippen LogP contribution < -0.4 is 0 Å². The molecule has 0 saturated carbocycles. The monoisotopic (exact) mass is 284 g/mol. The number of ketones is 2. The predicted octanol–water partition coefficient (Wildman–Crippen LogP) is 3.56. The molecule has 0 aliphatic carbocycles. The van der Waals surface area contributed by atoms with Gasteiger partial charge in [0, 0.05) is 28.2 Å². The molecule has 2 heterocycles. The number of hydrogen-bond donors (Lipinski definition) is 1. The molecule has 0 fully saturated rings. The van der Waals surface area contributed by atoms with E-state index in [0.717, 1.165) is 39.5 Å². The summed E-state index contributed by atoms with van der Waals surface area (Å²) >= 11 is 0. The van der Waals surface area contributed by atoms with Gasteiger partial charge in [0.1, 0.15) is 0 Å². The van der Waals surface area contributed by atoms with Gasteiger partial charge in [-0.2, -0.15) is 0 Å². The molecule has 1 aromatic rings. The minimum absolute atomic E-state index is 0.0287. The van der Waals surface area contributed by atoms with Crippen molar-refractivity contribution in [2.75, 3.05) is 0 Å². The zero-order valence-electron chi connectivity index (χ0n) is 13.3. The van der Waals surface area contributed by atoms with Crippen LogP contribution in [0.2, 0.25) is 0 Å². The minimum atomic E-state index is 0.0287. The van der Waals surface area contributed by atoms with Crippen LogP contribution in [0.5, 0.6) is 0 Å². The molecule has 0 aromatic carbocycles. The zero-order valence-corrected chi connectivity index (χ0v) is 13.3. The molecule has 1 N–H and O–H groups in total. The average Bonchev–Trinajstić information content (AvgIpc) is 2.77. The van der Waals surface area contributed by atoms with Gasteiger partial charge < -0.3 is 4.98 Å². The molecule has 1 aromatic heterocycles. The molecule has 1 aliphatic heterocycles. The molecule has 0 saturated heterocycles. The fourth-order valence-electron chi connectivity index (χ4n) is 2.96. The fourth-order valence-corrected chi connectivity index (χ4v) is 2.96. The van der Waals surface area contributed by atoms with Gasteiger partial charge in [0.05, 0.1) is 5.70 Å². The number of aromatic amines is 1. The summed E-state index contributed by atoms with van der Waals surface area (Å²) in [5.74, 6) is 0.0784. The third kappa shape index (κ3) is 2.53. The van der Waals surface area contributed by atoms with Crippen LogP contribution in [0.25, 0.3) is 6.08 Å².